The van der Waals surface area contributed by atoms with E-state index in [0.29, 0.717) is 12.8 Å². The Bertz CT molecular complexity index is 285. The van der Waals surface area contributed by atoms with Gasteiger partial charge in [0.05, 0.1) is 11.1 Å². The van der Waals surface area contributed by atoms with Crippen molar-refractivity contribution in [2.24, 2.45) is 0 Å². The van der Waals surface area contributed by atoms with E-state index in [1.54, 1.807) is 6.08 Å². The van der Waals surface area contributed by atoms with Gasteiger partial charge in [-0.3, -0.25) is 0 Å². The van der Waals surface area contributed by atoms with Crippen LogP contribution in [0.3, 0.4) is 0 Å². The van der Waals surface area contributed by atoms with E-state index in [4.69, 9.17) is 10.2 Å². The first-order valence-corrected chi connectivity index (χ1v) is 3.49. The lowest BCUT2D eigenvalue weighted by Crippen LogP contribution is -2.11. The van der Waals surface area contributed by atoms with Crippen molar-refractivity contribution in [3.8, 4) is 0 Å². The molecule has 0 saturated heterocycles. The molecule has 2 N–H and O–H groups in total. The first kappa shape index (κ1) is 8.52. The Morgan fingerprint density at radius 2 is 1.92 bits per heavy atom. The number of hydrogen-bond acceptors (Lipinski definition) is 2. The van der Waals surface area contributed by atoms with Gasteiger partial charge in [0.1, 0.15) is 0 Å². The molecule has 1 aliphatic rings. The molecule has 64 valence electrons. The molecule has 0 aromatic heterocycles. The zero-order valence-electron chi connectivity index (χ0n) is 6.28. The lowest BCUT2D eigenvalue weighted by molar-refractivity contribution is -0.135. The highest BCUT2D eigenvalue weighted by atomic mass is 16.4. The van der Waals surface area contributed by atoms with Gasteiger partial charge in [-0.2, -0.15) is 0 Å². The Morgan fingerprint density at radius 1 is 1.25 bits per heavy atom. The van der Waals surface area contributed by atoms with Crippen molar-refractivity contribution >= 4 is 11.9 Å². The van der Waals surface area contributed by atoms with Crippen LogP contribution in [0.4, 0.5) is 0 Å². The molecule has 0 heterocycles. The van der Waals surface area contributed by atoms with Crippen LogP contribution in [0.25, 0.3) is 0 Å². The van der Waals surface area contributed by atoms with Crippen LogP contribution in [0.2, 0.25) is 0 Å². The van der Waals surface area contributed by atoms with Gasteiger partial charge in [-0.05, 0) is 12.8 Å². The molecular formula is C8H8O4. The summed E-state index contributed by atoms with van der Waals surface area (Å²) in [5.74, 6) is -2.32. The molecule has 0 fully saturated rings. The molecule has 1 aliphatic carbocycles. The van der Waals surface area contributed by atoms with E-state index in [1.807, 2.05) is 0 Å². The Kier molecular flexibility index (Phi) is 2.28. The second-order valence-electron chi connectivity index (χ2n) is 2.44. The van der Waals surface area contributed by atoms with E-state index in [9.17, 15) is 9.59 Å². The maximum absolute atomic E-state index is 10.5. The van der Waals surface area contributed by atoms with Gasteiger partial charge < -0.3 is 10.2 Å². The molecule has 4 heteroatoms. The molecule has 0 aliphatic heterocycles. The molecule has 0 bridgehead atoms. The minimum atomic E-state index is -1.18. The highest BCUT2D eigenvalue weighted by Crippen LogP contribution is 2.18. The summed E-state index contributed by atoms with van der Waals surface area (Å²) in [4.78, 5) is 21.0. The smallest absolute Gasteiger partial charge is 0.336 e. The molecule has 0 aromatic rings. The Balaban J connectivity index is 3.08. The number of carboxylic acids is 2. The Labute approximate surface area is 68.8 Å². The summed E-state index contributed by atoms with van der Waals surface area (Å²) in [6.45, 7) is 0. The number of carboxylic acid groups (broad SMARTS) is 2. The molecule has 0 aromatic carbocycles. The van der Waals surface area contributed by atoms with Crippen molar-refractivity contribution in [1.29, 1.82) is 0 Å². The molecule has 1 rings (SSSR count). The summed E-state index contributed by atoms with van der Waals surface area (Å²) in [6.07, 6.45) is 3.90. The SMILES string of the molecule is O=C(O)C1=C(C(=O)O)CCC=C1. The molecule has 12 heavy (non-hydrogen) atoms. The maximum Gasteiger partial charge on any atom is 0.336 e. The van der Waals surface area contributed by atoms with Crippen molar-refractivity contribution in [3.63, 3.8) is 0 Å². The predicted octanol–water partition coefficient (Wildman–Crippen LogP) is 0.802. The van der Waals surface area contributed by atoms with Gasteiger partial charge in [-0.25, -0.2) is 9.59 Å². The summed E-state index contributed by atoms with van der Waals surface area (Å²) >= 11 is 0. The van der Waals surface area contributed by atoms with Crippen molar-refractivity contribution in [1.82, 2.24) is 0 Å². The van der Waals surface area contributed by atoms with E-state index < -0.39 is 11.9 Å². The zero-order chi connectivity index (χ0) is 9.14. The fourth-order valence-corrected chi connectivity index (χ4v) is 1.09. The Hall–Kier alpha value is -1.58. The molecule has 4 nitrogen and oxygen atoms in total. The summed E-state index contributed by atoms with van der Waals surface area (Å²) in [7, 11) is 0. The Morgan fingerprint density at radius 3 is 2.33 bits per heavy atom. The molecule has 0 radical (unpaired) electrons. The van der Waals surface area contributed by atoms with Crippen LogP contribution < -0.4 is 0 Å². The van der Waals surface area contributed by atoms with Crippen LogP contribution in [0.5, 0.6) is 0 Å². The zero-order valence-corrected chi connectivity index (χ0v) is 6.28. The second kappa shape index (κ2) is 3.21. The van der Waals surface area contributed by atoms with E-state index in [-0.39, 0.29) is 11.1 Å². The van der Waals surface area contributed by atoms with Crippen molar-refractivity contribution in [2.75, 3.05) is 0 Å². The second-order valence-corrected chi connectivity index (χ2v) is 2.44. The van der Waals surface area contributed by atoms with Gasteiger partial charge in [0.25, 0.3) is 0 Å². The largest absolute Gasteiger partial charge is 0.478 e. The monoisotopic (exact) mass is 168 g/mol. The van der Waals surface area contributed by atoms with E-state index in [2.05, 4.69) is 0 Å². The highest BCUT2D eigenvalue weighted by Gasteiger charge is 2.19. The third-order valence-electron chi connectivity index (χ3n) is 1.66. The summed E-state index contributed by atoms with van der Waals surface area (Å²) < 4.78 is 0. The normalized spacial score (nSPS) is 16.3. The lowest BCUT2D eigenvalue weighted by atomic mass is 9.98. The van der Waals surface area contributed by atoms with Crippen molar-refractivity contribution in [3.05, 3.63) is 23.3 Å². The molecule has 0 spiro atoms. The fraction of sp³-hybridized carbons (Fsp3) is 0.250. The lowest BCUT2D eigenvalue weighted by Gasteiger charge is -2.07. The molecule has 0 amide bonds. The third kappa shape index (κ3) is 1.53. The third-order valence-corrected chi connectivity index (χ3v) is 1.66. The molecule has 0 unspecified atom stereocenters. The highest BCUT2D eigenvalue weighted by molar-refractivity contribution is 6.01. The first-order valence-electron chi connectivity index (χ1n) is 3.49. The quantitative estimate of drug-likeness (QED) is 0.639. The van der Waals surface area contributed by atoms with Crippen LogP contribution in [-0.4, -0.2) is 22.2 Å². The molecule has 0 atom stereocenters. The van der Waals surface area contributed by atoms with Crippen LogP contribution in [0.1, 0.15) is 12.8 Å². The van der Waals surface area contributed by atoms with Gasteiger partial charge in [0.2, 0.25) is 0 Å². The van der Waals surface area contributed by atoms with Crippen LogP contribution in [-0.2, 0) is 9.59 Å². The minimum absolute atomic E-state index is 0.00926. The molecular weight excluding hydrogens is 160 g/mol. The topological polar surface area (TPSA) is 74.6 Å². The average molecular weight is 168 g/mol. The van der Waals surface area contributed by atoms with E-state index in [1.165, 1.54) is 6.08 Å². The average Bonchev–Trinajstić information content (AvgIpc) is 2.04. The molecule has 0 saturated carbocycles. The van der Waals surface area contributed by atoms with Crippen LogP contribution in [0, 0.1) is 0 Å². The first-order chi connectivity index (χ1) is 5.63. The fourth-order valence-electron chi connectivity index (χ4n) is 1.09. The van der Waals surface area contributed by atoms with Crippen LogP contribution >= 0.6 is 0 Å². The van der Waals surface area contributed by atoms with Gasteiger partial charge in [-0.15, -0.1) is 0 Å². The van der Waals surface area contributed by atoms with E-state index in [0.717, 1.165) is 0 Å². The number of carbonyl (C=O) groups is 2. The van der Waals surface area contributed by atoms with Crippen molar-refractivity contribution < 1.29 is 19.8 Å². The minimum Gasteiger partial charge on any atom is -0.478 e. The standard InChI is InChI=1S/C8H8O4/c9-7(10)5-3-1-2-4-6(5)8(11)12/h1,3H,2,4H2,(H,9,10)(H,11,12). The number of aliphatic carboxylic acids is 2. The predicted molar refractivity (Wildman–Crippen MR) is 40.7 cm³/mol. The number of rotatable bonds is 2. The summed E-state index contributed by atoms with van der Waals surface area (Å²) in [5.41, 5.74) is -0.112. The number of hydrogen-bond donors (Lipinski definition) is 2. The van der Waals surface area contributed by atoms with Gasteiger partial charge in [0.15, 0.2) is 0 Å². The summed E-state index contributed by atoms with van der Waals surface area (Å²) in [5, 5.41) is 17.2. The van der Waals surface area contributed by atoms with Gasteiger partial charge >= 0.3 is 11.9 Å². The van der Waals surface area contributed by atoms with E-state index >= 15 is 0 Å². The van der Waals surface area contributed by atoms with Gasteiger partial charge in [0, 0.05) is 0 Å². The van der Waals surface area contributed by atoms with Gasteiger partial charge in [-0.1, -0.05) is 12.2 Å². The number of allylic oxidation sites excluding steroid dienone is 1. The summed E-state index contributed by atoms with van der Waals surface area (Å²) in [6, 6.07) is 0. The van der Waals surface area contributed by atoms with Crippen molar-refractivity contribution in [2.45, 2.75) is 12.8 Å². The van der Waals surface area contributed by atoms with Crippen LogP contribution in [0.15, 0.2) is 23.3 Å². The maximum atomic E-state index is 10.5.